The largest absolute Gasteiger partial charge is 0.416 e. The van der Waals surface area contributed by atoms with Crippen molar-refractivity contribution in [3.05, 3.63) is 35.1 Å². The number of nitrogens with one attached hydrogen (secondary N) is 1. The lowest BCUT2D eigenvalue weighted by molar-refractivity contribution is -0.138. The maximum atomic E-state index is 13.1. The number of benzene rings is 1. The molecule has 2 fully saturated rings. The number of rotatable bonds is 2. The molecule has 2 atom stereocenters. The molecule has 0 amide bonds. The molecule has 2 heterocycles. The molecule has 1 aromatic rings. The Kier molecular flexibility index (Phi) is 3.92. The highest BCUT2D eigenvalue weighted by Crippen LogP contribution is 2.33. The summed E-state index contributed by atoms with van der Waals surface area (Å²) in [6.45, 7) is 1.76. The average Bonchev–Trinajstić information content (AvgIpc) is 2.73. The maximum absolute atomic E-state index is 13.1. The quantitative estimate of drug-likeness (QED) is 0.844. The zero-order valence-corrected chi connectivity index (χ0v) is 11.6. The summed E-state index contributed by atoms with van der Waals surface area (Å²) >= 11 is 0. The number of alkyl halides is 3. The van der Waals surface area contributed by atoms with Crippen molar-refractivity contribution in [2.75, 3.05) is 13.1 Å². The molecule has 3 rings (SSSR count). The van der Waals surface area contributed by atoms with E-state index < -0.39 is 17.6 Å². The summed E-state index contributed by atoms with van der Waals surface area (Å²) in [5, 5.41) is 3.50. The van der Waals surface area contributed by atoms with Crippen LogP contribution in [0.1, 0.15) is 30.4 Å². The van der Waals surface area contributed by atoms with Crippen molar-refractivity contribution in [3.63, 3.8) is 0 Å². The van der Waals surface area contributed by atoms with E-state index in [-0.39, 0.29) is 12.1 Å². The number of halogens is 4. The van der Waals surface area contributed by atoms with Crippen molar-refractivity contribution in [2.24, 2.45) is 0 Å². The van der Waals surface area contributed by atoms with Gasteiger partial charge in [0.2, 0.25) is 0 Å². The van der Waals surface area contributed by atoms with Crippen LogP contribution in [-0.2, 0) is 12.7 Å². The van der Waals surface area contributed by atoms with Gasteiger partial charge in [-0.15, -0.1) is 0 Å². The number of hydrogen-bond acceptors (Lipinski definition) is 2. The fraction of sp³-hybridized carbons (Fsp3) is 0.600. The molecule has 0 saturated carbocycles. The zero-order valence-electron chi connectivity index (χ0n) is 11.6. The molecular formula is C15H18F4N2. The number of hydrogen-bond donors (Lipinski definition) is 1. The van der Waals surface area contributed by atoms with Gasteiger partial charge in [-0.1, -0.05) is 6.07 Å². The van der Waals surface area contributed by atoms with Crippen LogP contribution in [-0.4, -0.2) is 30.1 Å². The van der Waals surface area contributed by atoms with E-state index in [0.717, 1.165) is 38.4 Å². The molecule has 2 aliphatic heterocycles. The Balaban J connectivity index is 1.78. The minimum absolute atomic E-state index is 0.154. The highest BCUT2D eigenvalue weighted by molar-refractivity contribution is 5.30. The first-order chi connectivity index (χ1) is 9.91. The fourth-order valence-corrected chi connectivity index (χ4v) is 3.35. The summed E-state index contributed by atoms with van der Waals surface area (Å²) in [5.74, 6) is -0.845. The van der Waals surface area contributed by atoms with Gasteiger partial charge in [0.15, 0.2) is 0 Å². The van der Waals surface area contributed by atoms with Crippen LogP contribution in [0.2, 0.25) is 0 Å². The summed E-state index contributed by atoms with van der Waals surface area (Å²) in [7, 11) is 0. The summed E-state index contributed by atoms with van der Waals surface area (Å²) in [5.41, 5.74) is -0.702. The molecule has 2 nitrogen and oxygen atoms in total. The predicted molar refractivity (Wildman–Crippen MR) is 71.2 cm³/mol. The third-order valence-corrected chi connectivity index (χ3v) is 4.38. The van der Waals surface area contributed by atoms with Gasteiger partial charge in [-0.2, -0.15) is 13.2 Å². The first kappa shape index (κ1) is 14.8. The smallest absolute Gasteiger partial charge is 0.310 e. The second-order valence-electron chi connectivity index (χ2n) is 5.96. The first-order valence-electron chi connectivity index (χ1n) is 7.26. The molecule has 1 aromatic carbocycles. The van der Waals surface area contributed by atoms with Gasteiger partial charge >= 0.3 is 6.18 Å². The highest BCUT2D eigenvalue weighted by atomic mass is 19.4. The molecule has 2 bridgehead atoms. The fourth-order valence-electron chi connectivity index (χ4n) is 3.35. The van der Waals surface area contributed by atoms with Gasteiger partial charge in [-0.25, -0.2) is 4.39 Å². The van der Waals surface area contributed by atoms with Gasteiger partial charge in [0.05, 0.1) is 5.56 Å². The number of nitrogens with zero attached hydrogens (tertiary/aromatic N) is 1. The molecule has 0 spiro atoms. The van der Waals surface area contributed by atoms with Gasteiger partial charge in [0.1, 0.15) is 5.82 Å². The monoisotopic (exact) mass is 302 g/mol. The minimum Gasteiger partial charge on any atom is -0.310 e. The maximum Gasteiger partial charge on any atom is 0.416 e. The molecule has 2 unspecified atom stereocenters. The van der Waals surface area contributed by atoms with Gasteiger partial charge in [-0.05, 0) is 37.0 Å². The van der Waals surface area contributed by atoms with Crippen molar-refractivity contribution in [1.82, 2.24) is 10.2 Å². The van der Waals surface area contributed by atoms with E-state index in [1.807, 2.05) is 4.90 Å². The van der Waals surface area contributed by atoms with Crippen molar-refractivity contribution in [3.8, 4) is 0 Å². The van der Waals surface area contributed by atoms with Gasteiger partial charge < -0.3 is 5.32 Å². The zero-order chi connectivity index (χ0) is 15.0. The van der Waals surface area contributed by atoms with E-state index in [9.17, 15) is 17.6 Å². The Hall–Kier alpha value is -1.14. The lowest BCUT2D eigenvalue weighted by atomic mass is 10.0. The van der Waals surface area contributed by atoms with Crippen molar-refractivity contribution in [2.45, 2.75) is 44.1 Å². The topological polar surface area (TPSA) is 15.3 Å². The van der Waals surface area contributed by atoms with Crippen molar-refractivity contribution < 1.29 is 17.6 Å². The van der Waals surface area contributed by atoms with Gasteiger partial charge in [0, 0.05) is 31.7 Å². The Bertz CT molecular complexity index is 515. The van der Waals surface area contributed by atoms with Crippen LogP contribution in [0.4, 0.5) is 17.6 Å². The standard InChI is InChI=1S/C15H18F4N2/c16-11-2-1-10(14(7-11)15(17,18)19)8-21-6-5-12-3-4-13(9-21)20-12/h1-2,7,12-13,20H,3-6,8-9H2. The third-order valence-electron chi connectivity index (χ3n) is 4.38. The molecule has 2 aliphatic rings. The van der Waals surface area contributed by atoms with Crippen LogP contribution in [0.5, 0.6) is 0 Å². The van der Waals surface area contributed by atoms with Crippen LogP contribution >= 0.6 is 0 Å². The van der Waals surface area contributed by atoms with Crippen LogP contribution in [0.3, 0.4) is 0 Å². The van der Waals surface area contributed by atoms with Crippen LogP contribution in [0, 0.1) is 5.82 Å². The normalized spacial score (nSPS) is 26.9. The summed E-state index contributed by atoms with van der Waals surface area (Å²) in [6.07, 6.45) is -1.32. The molecule has 21 heavy (non-hydrogen) atoms. The number of fused-ring (bicyclic) bond motifs is 2. The van der Waals surface area contributed by atoms with E-state index in [0.29, 0.717) is 18.2 Å². The molecule has 1 N–H and O–H groups in total. The van der Waals surface area contributed by atoms with Crippen molar-refractivity contribution in [1.29, 1.82) is 0 Å². The SMILES string of the molecule is Fc1ccc(CN2CCC3CCC(C2)N3)c(C(F)(F)F)c1. The van der Waals surface area contributed by atoms with E-state index in [4.69, 9.17) is 0 Å². The molecule has 0 aromatic heterocycles. The summed E-state index contributed by atoms with van der Waals surface area (Å²) < 4.78 is 52.2. The van der Waals surface area contributed by atoms with E-state index in [1.54, 1.807) is 0 Å². The van der Waals surface area contributed by atoms with Crippen LogP contribution < -0.4 is 5.32 Å². The van der Waals surface area contributed by atoms with E-state index in [2.05, 4.69) is 5.32 Å². The average molecular weight is 302 g/mol. The predicted octanol–water partition coefficient (Wildman–Crippen LogP) is 3.17. The molecular weight excluding hydrogens is 284 g/mol. The number of likely N-dealkylation sites (tertiary alicyclic amines) is 1. The second kappa shape index (κ2) is 5.57. The lowest BCUT2D eigenvalue weighted by Gasteiger charge is -2.25. The lowest BCUT2D eigenvalue weighted by Crippen LogP contribution is -2.35. The Morgan fingerprint density at radius 3 is 2.67 bits per heavy atom. The molecule has 0 aliphatic carbocycles. The molecule has 0 radical (unpaired) electrons. The van der Waals surface area contributed by atoms with Crippen LogP contribution in [0.15, 0.2) is 18.2 Å². The van der Waals surface area contributed by atoms with Crippen LogP contribution in [0.25, 0.3) is 0 Å². The Morgan fingerprint density at radius 1 is 1.14 bits per heavy atom. The Morgan fingerprint density at radius 2 is 1.90 bits per heavy atom. The second-order valence-corrected chi connectivity index (χ2v) is 5.96. The van der Waals surface area contributed by atoms with Crippen molar-refractivity contribution >= 4 is 0 Å². The molecule has 6 heteroatoms. The van der Waals surface area contributed by atoms with E-state index >= 15 is 0 Å². The van der Waals surface area contributed by atoms with Gasteiger partial charge in [-0.3, -0.25) is 4.90 Å². The third kappa shape index (κ3) is 3.37. The summed E-state index contributed by atoms with van der Waals surface area (Å²) in [6, 6.07) is 3.82. The minimum atomic E-state index is -4.51. The molecule has 2 saturated heterocycles. The Labute approximate surface area is 121 Å². The van der Waals surface area contributed by atoms with E-state index in [1.165, 1.54) is 6.07 Å². The molecule has 116 valence electrons. The highest BCUT2D eigenvalue weighted by Gasteiger charge is 2.35. The first-order valence-corrected chi connectivity index (χ1v) is 7.26. The summed E-state index contributed by atoms with van der Waals surface area (Å²) in [4.78, 5) is 2.04. The van der Waals surface area contributed by atoms with Gasteiger partial charge in [0.25, 0.3) is 0 Å².